The number of hydrogen-bond donors (Lipinski definition) is 1. The lowest BCUT2D eigenvalue weighted by Gasteiger charge is -2.35. The van der Waals surface area contributed by atoms with E-state index in [1.54, 1.807) is 0 Å². The highest BCUT2D eigenvalue weighted by Gasteiger charge is 2.28. The first kappa shape index (κ1) is 8.48. The summed E-state index contributed by atoms with van der Waals surface area (Å²) in [6.45, 7) is 1.53. The number of hydrogen-bond acceptors (Lipinski definition) is 3. The molecule has 2 atom stereocenters. The molecule has 1 saturated carbocycles. The molecular weight excluding hydrogens is 154 g/mol. The Morgan fingerprint density at radius 2 is 1.92 bits per heavy atom. The summed E-state index contributed by atoms with van der Waals surface area (Å²) in [7, 11) is 0. The summed E-state index contributed by atoms with van der Waals surface area (Å²) in [5, 5.41) is 0. The Bertz CT molecular complexity index is 147. The van der Waals surface area contributed by atoms with Crippen molar-refractivity contribution in [3.8, 4) is 0 Å². The van der Waals surface area contributed by atoms with Gasteiger partial charge >= 0.3 is 0 Å². The molecule has 0 aromatic rings. The maximum Gasteiger partial charge on any atom is 0.105 e. The Kier molecular flexibility index (Phi) is 2.63. The van der Waals surface area contributed by atoms with Crippen molar-refractivity contribution in [1.29, 1.82) is 0 Å². The second kappa shape index (κ2) is 3.73. The van der Waals surface area contributed by atoms with Gasteiger partial charge in [-0.05, 0) is 12.8 Å². The van der Waals surface area contributed by atoms with Crippen LogP contribution in [0.1, 0.15) is 25.7 Å². The predicted molar refractivity (Wildman–Crippen MR) is 45.9 cm³/mol. The average Bonchev–Trinajstić information content (AvgIpc) is 2.00. The van der Waals surface area contributed by atoms with Gasteiger partial charge in [0, 0.05) is 6.04 Å². The first-order chi connectivity index (χ1) is 5.86. The third kappa shape index (κ3) is 1.79. The highest BCUT2D eigenvalue weighted by molar-refractivity contribution is 4.80. The van der Waals surface area contributed by atoms with Crippen LogP contribution >= 0.6 is 0 Å². The SMILES string of the molecule is NC1CCCCC1OC1COC1. The monoisotopic (exact) mass is 171 g/mol. The van der Waals surface area contributed by atoms with Crippen LogP contribution in [0.5, 0.6) is 0 Å². The van der Waals surface area contributed by atoms with E-state index in [0.29, 0.717) is 12.2 Å². The van der Waals surface area contributed by atoms with Crippen LogP contribution in [0, 0.1) is 0 Å². The van der Waals surface area contributed by atoms with Gasteiger partial charge in [-0.25, -0.2) is 0 Å². The third-order valence-electron chi connectivity index (χ3n) is 2.73. The summed E-state index contributed by atoms with van der Waals surface area (Å²) in [4.78, 5) is 0. The zero-order valence-electron chi connectivity index (χ0n) is 7.37. The van der Waals surface area contributed by atoms with Gasteiger partial charge in [0.15, 0.2) is 0 Å². The van der Waals surface area contributed by atoms with Gasteiger partial charge in [0.2, 0.25) is 0 Å². The normalized spacial score (nSPS) is 37.8. The van der Waals surface area contributed by atoms with Crippen molar-refractivity contribution in [3.63, 3.8) is 0 Å². The summed E-state index contributed by atoms with van der Waals surface area (Å²) in [5.41, 5.74) is 5.94. The Hall–Kier alpha value is -0.120. The number of ether oxygens (including phenoxy) is 2. The van der Waals surface area contributed by atoms with E-state index < -0.39 is 0 Å². The average molecular weight is 171 g/mol. The van der Waals surface area contributed by atoms with Crippen LogP contribution < -0.4 is 5.73 Å². The molecule has 0 aromatic carbocycles. The van der Waals surface area contributed by atoms with Crippen molar-refractivity contribution in [2.75, 3.05) is 13.2 Å². The maximum absolute atomic E-state index is 5.94. The molecule has 2 fully saturated rings. The Labute approximate surface area is 73.2 Å². The third-order valence-corrected chi connectivity index (χ3v) is 2.73. The largest absolute Gasteiger partial charge is 0.376 e. The molecule has 0 radical (unpaired) electrons. The smallest absolute Gasteiger partial charge is 0.105 e. The van der Waals surface area contributed by atoms with Crippen LogP contribution in [0.3, 0.4) is 0 Å². The van der Waals surface area contributed by atoms with Crippen LogP contribution in [0.4, 0.5) is 0 Å². The maximum atomic E-state index is 5.94. The van der Waals surface area contributed by atoms with Crippen LogP contribution in [-0.2, 0) is 9.47 Å². The van der Waals surface area contributed by atoms with Crippen molar-refractivity contribution in [1.82, 2.24) is 0 Å². The van der Waals surface area contributed by atoms with Gasteiger partial charge in [-0.15, -0.1) is 0 Å². The molecule has 1 aliphatic heterocycles. The zero-order valence-corrected chi connectivity index (χ0v) is 7.37. The first-order valence-corrected chi connectivity index (χ1v) is 4.85. The minimum Gasteiger partial charge on any atom is -0.376 e. The fourth-order valence-electron chi connectivity index (χ4n) is 1.83. The molecule has 3 nitrogen and oxygen atoms in total. The first-order valence-electron chi connectivity index (χ1n) is 4.85. The summed E-state index contributed by atoms with van der Waals surface area (Å²) < 4.78 is 10.8. The standard InChI is InChI=1S/C9H17NO2/c10-8-3-1-2-4-9(8)12-7-5-11-6-7/h7-9H,1-6,10H2. The molecule has 0 bridgehead atoms. The highest BCUT2D eigenvalue weighted by Crippen LogP contribution is 2.22. The summed E-state index contributed by atoms with van der Waals surface area (Å²) in [6.07, 6.45) is 5.43. The second-order valence-corrected chi connectivity index (χ2v) is 3.78. The van der Waals surface area contributed by atoms with E-state index in [2.05, 4.69) is 0 Å². The Balaban J connectivity index is 1.76. The summed E-state index contributed by atoms with van der Waals surface area (Å²) in [5.74, 6) is 0. The van der Waals surface area contributed by atoms with Crippen LogP contribution in [0.25, 0.3) is 0 Å². The Morgan fingerprint density at radius 3 is 2.50 bits per heavy atom. The molecule has 2 N–H and O–H groups in total. The van der Waals surface area contributed by atoms with Gasteiger partial charge in [0.1, 0.15) is 6.10 Å². The van der Waals surface area contributed by atoms with Crippen molar-refractivity contribution in [3.05, 3.63) is 0 Å². The fourth-order valence-corrected chi connectivity index (χ4v) is 1.83. The van der Waals surface area contributed by atoms with Gasteiger partial charge in [0.25, 0.3) is 0 Å². The molecule has 2 rings (SSSR count). The molecule has 3 heteroatoms. The molecule has 12 heavy (non-hydrogen) atoms. The van der Waals surface area contributed by atoms with Gasteiger partial charge in [0.05, 0.1) is 19.3 Å². The lowest BCUT2D eigenvalue weighted by Crippen LogP contribution is -2.46. The van der Waals surface area contributed by atoms with Gasteiger partial charge in [-0.1, -0.05) is 12.8 Å². The van der Waals surface area contributed by atoms with E-state index in [0.717, 1.165) is 26.1 Å². The lowest BCUT2D eigenvalue weighted by atomic mass is 9.93. The molecule has 1 saturated heterocycles. The number of rotatable bonds is 2. The molecule has 2 aliphatic rings. The lowest BCUT2D eigenvalue weighted by molar-refractivity contribution is -0.163. The molecule has 70 valence electrons. The van der Waals surface area contributed by atoms with Crippen molar-refractivity contribution >= 4 is 0 Å². The predicted octanol–water partition coefficient (Wildman–Crippen LogP) is 0.672. The number of nitrogens with two attached hydrogens (primary N) is 1. The molecule has 0 aromatic heterocycles. The second-order valence-electron chi connectivity index (χ2n) is 3.78. The van der Waals surface area contributed by atoms with Gasteiger partial charge < -0.3 is 15.2 Å². The molecule has 1 heterocycles. The van der Waals surface area contributed by atoms with E-state index in [1.807, 2.05) is 0 Å². The van der Waals surface area contributed by atoms with Crippen molar-refractivity contribution < 1.29 is 9.47 Å². The van der Waals surface area contributed by atoms with Crippen LogP contribution in [0.2, 0.25) is 0 Å². The van der Waals surface area contributed by atoms with E-state index in [9.17, 15) is 0 Å². The summed E-state index contributed by atoms with van der Waals surface area (Å²) in [6, 6.07) is 0.263. The minimum absolute atomic E-state index is 0.263. The molecule has 2 unspecified atom stereocenters. The van der Waals surface area contributed by atoms with Gasteiger partial charge in [-0.2, -0.15) is 0 Å². The quantitative estimate of drug-likeness (QED) is 0.664. The molecule has 0 amide bonds. The fraction of sp³-hybridized carbons (Fsp3) is 1.00. The van der Waals surface area contributed by atoms with Crippen molar-refractivity contribution in [2.24, 2.45) is 5.73 Å². The Morgan fingerprint density at radius 1 is 1.17 bits per heavy atom. The van der Waals surface area contributed by atoms with Crippen LogP contribution in [0.15, 0.2) is 0 Å². The van der Waals surface area contributed by atoms with Gasteiger partial charge in [-0.3, -0.25) is 0 Å². The molecular formula is C9H17NO2. The van der Waals surface area contributed by atoms with Crippen LogP contribution in [-0.4, -0.2) is 31.5 Å². The molecule has 1 aliphatic carbocycles. The van der Waals surface area contributed by atoms with E-state index in [4.69, 9.17) is 15.2 Å². The summed E-state index contributed by atoms with van der Waals surface area (Å²) >= 11 is 0. The van der Waals surface area contributed by atoms with E-state index in [1.165, 1.54) is 12.8 Å². The van der Waals surface area contributed by atoms with E-state index >= 15 is 0 Å². The highest BCUT2D eigenvalue weighted by atomic mass is 16.6. The zero-order chi connectivity index (χ0) is 8.39. The van der Waals surface area contributed by atoms with Crippen molar-refractivity contribution in [2.45, 2.75) is 43.9 Å². The topological polar surface area (TPSA) is 44.5 Å². The molecule has 0 spiro atoms. The van der Waals surface area contributed by atoms with E-state index in [-0.39, 0.29) is 6.04 Å². The minimum atomic E-state index is 0.263.